The van der Waals surface area contributed by atoms with Crippen LogP contribution >= 0.6 is 39.7 Å². The molecule has 0 bridgehead atoms. The van der Waals surface area contributed by atoms with Crippen LogP contribution < -0.4 is 10.6 Å². The van der Waals surface area contributed by atoms with E-state index in [-0.39, 0.29) is 6.04 Å². The van der Waals surface area contributed by atoms with Gasteiger partial charge in [0.1, 0.15) is 0 Å². The fourth-order valence-corrected chi connectivity index (χ4v) is 3.02. The minimum atomic E-state index is 0.183. The van der Waals surface area contributed by atoms with Crippen molar-refractivity contribution >= 4 is 50.5 Å². The number of thiocarbonyl (C=S) groups is 1. The Labute approximate surface area is 156 Å². The quantitative estimate of drug-likeness (QED) is 0.575. The Hall–Kier alpha value is -1.10. The third-order valence-corrected chi connectivity index (χ3v) is 4.84. The molecule has 0 radical (unpaired) electrons. The molecule has 2 nitrogen and oxygen atoms in total. The molecule has 0 fully saturated rings. The second-order valence-corrected chi connectivity index (χ2v) is 7.49. The van der Waals surface area contributed by atoms with Crippen molar-refractivity contribution in [1.29, 1.82) is 0 Å². The molecule has 23 heavy (non-hydrogen) atoms. The highest BCUT2D eigenvalue weighted by molar-refractivity contribution is 9.10. The first-order valence-electron chi connectivity index (χ1n) is 7.53. The molecule has 1 atom stereocenters. The third kappa shape index (κ3) is 5.79. The van der Waals surface area contributed by atoms with Crippen LogP contribution in [0.4, 0.5) is 5.69 Å². The third-order valence-electron chi connectivity index (χ3n) is 3.39. The SMILES string of the molecule is CC(C)CC(NC(=S)Nc1ccc(Br)c(Cl)c1)c1ccccc1. The van der Waals surface area contributed by atoms with E-state index in [2.05, 4.69) is 64.7 Å². The van der Waals surface area contributed by atoms with Crippen molar-refractivity contribution in [3.63, 3.8) is 0 Å². The van der Waals surface area contributed by atoms with E-state index in [1.807, 2.05) is 24.3 Å². The summed E-state index contributed by atoms with van der Waals surface area (Å²) in [6.07, 6.45) is 1.01. The Kier molecular flexibility index (Phi) is 6.88. The summed E-state index contributed by atoms with van der Waals surface area (Å²) >= 11 is 15.0. The Morgan fingerprint density at radius 3 is 2.48 bits per heavy atom. The van der Waals surface area contributed by atoms with Crippen LogP contribution in [0.2, 0.25) is 5.02 Å². The second-order valence-electron chi connectivity index (χ2n) is 5.82. The van der Waals surface area contributed by atoms with Crippen LogP contribution in [0.5, 0.6) is 0 Å². The molecule has 0 heterocycles. The van der Waals surface area contributed by atoms with Gasteiger partial charge >= 0.3 is 0 Å². The van der Waals surface area contributed by atoms with E-state index in [0.717, 1.165) is 16.6 Å². The lowest BCUT2D eigenvalue weighted by molar-refractivity contribution is 0.481. The summed E-state index contributed by atoms with van der Waals surface area (Å²) in [7, 11) is 0. The summed E-state index contributed by atoms with van der Waals surface area (Å²) in [6.45, 7) is 4.42. The lowest BCUT2D eigenvalue weighted by Gasteiger charge is -2.23. The van der Waals surface area contributed by atoms with Crippen molar-refractivity contribution in [3.05, 3.63) is 63.6 Å². The molecule has 2 aromatic rings. The summed E-state index contributed by atoms with van der Waals surface area (Å²) in [5, 5.41) is 7.86. The molecule has 2 aromatic carbocycles. The van der Waals surface area contributed by atoms with Gasteiger partial charge in [-0.2, -0.15) is 0 Å². The fourth-order valence-electron chi connectivity index (χ4n) is 2.33. The van der Waals surface area contributed by atoms with Crippen LogP contribution in [0.1, 0.15) is 31.9 Å². The topological polar surface area (TPSA) is 24.1 Å². The highest BCUT2D eigenvalue weighted by Crippen LogP contribution is 2.26. The zero-order chi connectivity index (χ0) is 16.8. The fraction of sp³-hybridized carbons (Fsp3) is 0.278. The Bertz CT molecular complexity index is 661. The highest BCUT2D eigenvalue weighted by Gasteiger charge is 2.14. The Morgan fingerprint density at radius 2 is 1.87 bits per heavy atom. The Morgan fingerprint density at radius 1 is 1.17 bits per heavy atom. The molecule has 0 spiro atoms. The molecule has 2 N–H and O–H groups in total. The van der Waals surface area contributed by atoms with Gasteiger partial charge in [0.25, 0.3) is 0 Å². The predicted molar refractivity (Wildman–Crippen MR) is 107 cm³/mol. The standard InChI is InChI=1S/C18H20BrClN2S/c1-12(2)10-17(13-6-4-3-5-7-13)22-18(23)21-14-8-9-15(19)16(20)11-14/h3-9,11-12,17H,10H2,1-2H3,(H2,21,22,23). The van der Waals surface area contributed by atoms with E-state index < -0.39 is 0 Å². The average Bonchev–Trinajstić information content (AvgIpc) is 2.51. The maximum Gasteiger partial charge on any atom is 0.171 e. The minimum Gasteiger partial charge on any atom is -0.356 e. The number of hydrogen-bond acceptors (Lipinski definition) is 1. The number of halogens is 2. The summed E-state index contributed by atoms with van der Waals surface area (Å²) in [6, 6.07) is 16.2. The zero-order valence-corrected chi connectivity index (χ0v) is 16.3. The molecular weight excluding hydrogens is 392 g/mol. The summed E-state index contributed by atoms with van der Waals surface area (Å²) in [5.41, 5.74) is 2.10. The van der Waals surface area contributed by atoms with Crippen LogP contribution in [-0.2, 0) is 0 Å². The first-order valence-corrected chi connectivity index (χ1v) is 9.11. The second kappa shape index (κ2) is 8.67. The van der Waals surface area contributed by atoms with Gasteiger partial charge in [0.15, 0.2) is 5.11 Å². The van der Waals surface area contributed by atoms with E-state index >= 15 is 0 Å². The first-order chi connectivity index (χ1) is 11.0. The van der Waals surface area contributed by atoms with Gasteiger partial charge in [-0.15, -0.1) is 0 Å². The van der Waals surface area contributed by atoms with E-state index in [0.29, 0.717) is 16.1 Å². The van der Waals surface area contributed by atoms with Crippen molar-refractivity contribution in [2.24, 2.45) is 5.92 Å². The van der Waals surface area contributed by atoms with Gasteiger partial charge in [-0.05, 0) is 64.2 Å². The van der Waals surface area contributed by atoms with E-state index in [9.17, 15) is 0 Å². The van der Waals surface area contributed by atoms with Crippen LogP contribution in [0.15, 0.2) is 53.0 Å². The van der Waals surface area contributed by atoms with Crippen LogP contribution in [0.3, 0.4) is 0 Å². The molecular formula is C18H20BrClN2S. The predicted octanol–water partition coefficient (Wildman–Crippen LogP) is 6.18. The molecule has 122 valence electrons. The molecule has 0 saturated heterocycles. The molecule has 5 heteroatoms. The lowest BCUT2D eigenvalue weighted by atomic mass is 9.97. The molecule has 2 rings (SSSR count). The monoisotopic (exact) mass is 410 g/mol. The number of rotatable bonds is 5. The molecule has 1 unspecified atom stereocenters. The van der Waals surface area contributed by atoms with Gasteiger partial charge in [-0.3, -0.25) is 0 Å². The van der Waals surface area contributed by atoms with E-state index in [1.54, 1.807) is 0 Å². The normalized spacial score (nSPS) is 12.0. The van der Waals surface area contributed by atoms with Gasteiger partial charge < -0.3 is 10.6 Å². The molecule has 0 aliphatic carbocycles. The molecule has 0 aliphatic rings. The van der Waals surface area contributed by atoms with Crippen LogP contribution in [-0.4, -0.2) is 5.11 Å². The van der Waals surface area contributed by atoms with Crippen molar-refractivity contribution in [2.75, 3.05) is 5.32 Å². The molecule has 0 aliphatic heterocycles. The van der Waals surface area contributed by atoms with Gasteiger partial charge in [0.2, 0.25) is 0 Å². The van der Waals surface area contributed by atoms with Crippen molar-refractivity contribution in [1.82, 2.24) is 5.32 Å². The zero-order valence-electron chi connectivity index (χ0n) is 13.1. The minimum absolute atomic E-state index is 0.183. The van der Waals surface area contributed by atoms with Crippen molar-refractivity contribution in [3.8, 4) is 0 Å². The van der Waals surface area contributed by atoms with Crippen molar-refractivity contribution in [2.45, 2.75) is 26.3 Å². The summed E-state index contributed by atoms with van der Waals surface area (Å²) < 4.78 is 0.866. The van der Waals surface area contributed by atoms with E-state index in [1.165, 1.54) is 5.56 Å². The summed E-state index contributed by atoms with van der Waals surface area (Å²) in [4.78, 5) is 0. The van der Waals surface area contributed by atoms with Crippen molar-refractivity contribution < 1.29 is 0 Å². The maximum absolute atomic E-state index is 6.12. The van der Waals surface area contributed by atoms with Gasteiger partial charge in [-0.25, -0.2) is 0 Å². The number of nitrogens with one attached hydrogen (secondary N) is 2. The smallest absolute Gasteiger partial charge is 0.171 e. The number of benzene rings is 2. The van der Waals surface area contributed by atoms with E-state index in [4.69, 9.17) is 23.8 Å². The molecule has 0 saturated carbocycles. The highest BCUT2D eigenvalue weighted by atomic mass is 79.9. The lowest BCUT2D eigenvalue weighted by Crippen LogP contribution is -2.33. The van der Waals surface area contributed by atoms with Crippen LogP contribution in [0, 0.1) is 5.92 Å². The first kappa shape index (κ1) is 18.2. The average molecular weight is 412 g/mol. The largest absolute Gasteiger partial charge is 0.356 e. The summed E-state index contributed by atoms with van der Waals surface area (Å²) in [5.74, 6) is 0.567. The van der Waals surface area contributed by atoms with Gasteiger partial charge in [0, 0.05) is 10.2 Å². The number of hydrogen-bond donors (Lipinski definition) is 2. The number of anilines is 1. The van der Waals surface area contributed by atoms with Gasteiger partial charge in [0.05, 0.1) is 11.1 Å². The van der Waals surface area contributed by atoms with Gasteiger partial charge in [-0.1, -0.05) is 55.8 Å². The molecule has 0 amide bonds. The van der Waals surface area contributed by atoms with Crippen LogP contribution in [0.25, 0.3) is 0 Å². The Balaban J connectivity index is 2.06. The molecule has 0 aromatic heterocycles. The maximum atomic E-state index is 6.12.